The van der Waals surface area contributed by atoms with Crippen LogP contribution in [0.3, 0.4) is 0 Å². The number of thiazole rings is 1. The topological polar surface area (TPSA) is 84.8 Å². The van der Waals surface area contributed by atoms with Crippen molar-refractivity contribution in [1.82, 2.24) is 14.1 Å². The largest absolute Gasteiger partial charge is 0.493 e. The lowest BCUT2D eigenvalue weighted by molar-refractivity contribution is 0.402. The maximum atomic E-state index is 12.5. The van der Waals surface area contributed by atoms with Crippen LogP contribution in [0.2, 0.25) is 0 Å². The van der Waals surface area contributed by atoms with Gasteiger partial charge in [-0.05, 0) is 50.7 Å². The monoisotopic (exact) mass is 375 g/mol. The number of rotatable bonds is 4. The van der Waals surface area contributed by atoms with E-state index < -0.39 is 5.56 Å². The van der Waals surface area contributed by atoms with Gasteiger partial charge in [0.25, 0.3) is 5.56 Å². The second-order valence-corrected chi connectivity index (χ2v) is 6.79. The molecule has 0 atom stereocenters. The van der Waals surface area contributed by atoms with Gasteiger partial charge in [-0.3, -0.25) is 13.9 Å². The summed E-state index contributed by atoms with van der Waals surface area (Å²) in [4.78, 5) is 16.9. The zero-order valence-corrected chi connectivity index (χ0v) is 15.7. The molecule has 3 aromatic rings. The van der Waals surface area contributed by atoms with Crippen LogP contribution in [0, 0.1) is 11.7 Å². The normalized spacial score (nSPS) is 11.6. The van der Waals surface area contributed by atoms with Crippen LogP contribution in [0.15, 0.2) is 33.2 Å². The third-order valence-corrected chi connectivity index (χ3v) is 5.12. The summed E-state index contributed by atoms with van der Waals surface area (Å²) in [5.41, 5.74) is 1.36. The Morgan fingerprint density at radius 2 is 1.96 bits per heavy atom. The van der Waals surface area contributed by atoms with Crippen molar-refractivity contribution >= 4 is 44.6 Å². The summed E-state index contributed by atoms with van der Waals surface area (Å²) < 4.78 is 4.10. The van der Waals surface area contributed by atoms with E-state index in [0.717, 1.165) is 15.8 Å². The number of aryl methyl sites for hydroxylation is 1. The zero-order valence-electron chi connectivity index (χ0n) is 14.1. The first kappa shape index (κ1) is 17.4. The lowest BCUT2D eigenvalue weighted by Crippen LogP contribution is -2.24. The summed E-state index contributed by atoms with van der Waals surface area (Å²) in [5, 5.41) is 18.8. The van der Waals surface area contributed by atoms with Gasteiger partial charge in [-0.15, -0.1) is 10.2 Å². The number of hydrogen-bond donors (Lipinski definition) is 1. The van der Waals surface area contributed by atoms with Crippen LogP contribution < -0.4 is 5.56 Å². The Bertz CT molecular complexity index is 1090. The molecule has 0 aliphatic carbocycles. The van der Waals surface area contributed by atoms with Gasteiger partial charge in [-0.2, -0.15) is 0 Å². The van der Waals surface area contributed by atoms with Crippen molar-refractivity contribution in [1.29, 1.82) is 0 Å². The summed E-state index contributed by atoms with van der Waals surface area (Å²) in [6, 6.07) is 5.91. The average Bonchev–Trinajstić information content (AvgIpc) is 2.97. The number of fused-ring (bicyclic) bond motifs is 1. The van der Waals surface area contributed by atoms with E-state index in [0.29, 0.717) is 18.2 Å². The molecular weight excluding hydrogens is 358 g/mol. The van der Waals surface area contributed by atoms with Crippen molar-refractivity contribution in [2.75, 3.05) is 0 Å². The minimum absolute atomic E-state index is 0.132. The number of nitrogens with zero attached hydrogens (tertiary/aromatic N) is 5. The summed E-state index contributed by atoms with van der Waals surface area (Å²) in [5.74, 6) is -0.275. The van der Waals surface area contributed by atoms with Crippen molar-refractivity contribution in [2.45, 2.75) is 33.9 Å². The Morgan fingerprint density at radius 3 is 2.64 bits per heavy atom. The molecule has 0 radical (unpaired) electrons. The molecule has 0 spiro atoms. The first-order valence-electron chi connectivity index (χ1n) is 7.81. The maximum Gasteiger partial charge on any atom is 0.286 e. The minimum atomic E-state index is -0.463. The average molecular weight is 375 g/mol. The minimum Gasteiger partial charge on any atom is -0.493 e. The lowest BCUT2D eigenvalue weighted by Gasteiger charge is -2.12. The first-order chi connectivity index (χ1) is 12.0. The molecule has 0 saturated heterocycles. The highest BCUT2D eigenvalue weighted by Gasteiger charge is 2.15. The molecule has 3 rings (SSSR count). The summed E-state index contributed by atoms with van der Waals surface area (Å²) in [7, 11) is 0. The van der Waals surface area contributed by atoms with Crippen LogP contribution in [0.4, 0.5) is 10.8 Å². The van der Waals surface area contributed by atoms with Crippen LogP contribution in [-0.2, 0) is 13.1 Å². The molecule has 0 fully saturated rings. The molecular formula is C16H17N5O2S2. The molecule has 0 amide bonds. The van der Waals surface area contributed by atoms with Crippen molar-refractivity contribution in [3.05, 3.63) is 38.9 Å². The molecule has 1 N–H and O–H groups in total. The van der Waals surface area contributed by atoms with Gasteiger partial charge in [0.1, 0.15) is 0 Å². The van der Waals surface area contributed by atoms with Gasteiger partial charge >= 0.3 is 0 Å². The standard InChI is InChI=1S/C16H17N5O2S2/c1-4-20-13(22)12(14(23)21(5-2)16(20)24)18-19-15-17-10-7-6-9(3)8-11(10)25-15/h6-8,22H,4-5H2,1-3H3. The molecule has 1 aromatic carbocycles. The van der Waals surface area contributed by atoms with Gasteiger partial charge in [0.2, 0.25) is 16.7 Å². The molecule has 0 saturated carbocycles. The smallest absolute Gasteiger partial charge is 0.286 e. The number of aromatic nitrogens is 3. The van der Waals surface area contributed by atoms with E-state index in [9.17, 15) is 9.90 Å². The number of azo groups is 1. The molecule has 9 heteroatoms. The molecule has 2 aromatic heterocycles. The molecule has 130 valence electrons. The van der Waals surface area contributed by atoms with Gasteiger partial charge in [0.05, 0.1) is 10.2 Å². The fourth-order valence-electron chi connectivity index (χ4n) is 2.48. The molecule has 0 unspecified atom stereocenters. The van der Waals surface area contributed by atoms with E-state index in [-0.39, 0.29) is 16.3 Å². The number of benzene rings is 1. The van der Waals surface area contributed by atoms with Crippen molar-refractivity contribution in [3.63, 3.8) is 0 Å². The van der Waals surface area contributed by atoms with Gasteiger partial charge in [0.15, 0.2) is 4.77 Å². The fraction of sp³-hybridized carbons (Fsp3) is 0.312. The van der Waals surface area contributed by atoms with E-state index in [1.807, 2.05) is 39.0 Å². The second-order valence-electron chi connectivity index (χ2n) is 5.42. The van der Waals surface area contributed by atoms with E-state index in [4.69, 9.17) is 12.2 Å². The quantitative estimate of drug-likeness (QED) is 0.539. The molecule has 2 heterocycles. The second kappa shape index (κ2) is 6.85. The Kier molecular flexibility index (Phi) is 4.78. The van der Waals surface area contributed by atoms with Gasteiger partial charge < -0.3 is 5.11 Å². The molecule has 0 aliphatic heterocycles. The van der Waals surface area contributed by atoms with Gasteiger partial charge in [-0.25, -0.2) is 4.98 Å². The molecule has 0 aliphatic rings. The van der Waals surface area contributed by atoms with E-state index in [1.54, 1.807) is 0 Å². The Morgan fingerprint density at radius 1 is 1.24 bits per heavy atom. The summed E-state index contributed by atoms with van der Waals surface area (Å²) >= 11 is 6.62. The molecule has 25 heavy (non-hydrogen) atoms. The van der Waals surface area contributed by atoms with E-state index >= 15 is 0 Å². The predicted molar refractivity (Wildman–Crippen MR) is 101 cm³/mol. The van der Waals surface area contributed by atoms with Crippen LogP contribution in [0.1, 0.15) is 19.4 Å². The number of aromatic hydroxyl groups is 1. The third kappa shape index (κ3) is 3.12. The molecule has 7 nitrogen and oxygen atoms in total. The summed E-state index contributed by atoms with van der Waals surface area (Å²) in [6.07, 6.45) is 0. The van der Waals surface area contributed by atoms with Gasteiger partial charge in [0, 0.05) is 13.1 Å². The highest BCUT2D eigenvalue weighted by molar-refractivity contribution is 7.71. The Balaban J connectivity index is 2.11. The predicted octanol–water partition coefficient (Wildman–Crippen LogP) is 4.46. The lowest BCUT2D eigenvalue weighted by atomic mass is 10.2. The number of hydrogen-bond acceptors (Lipinski definition) is 7. The van der Waals surface area contributed by atoms with Crippen LogP contribution in [0.5, 0.6) is 5.88 Å². The first-order valence-corrected chi connectivity index (χ1v) is 9.04. The van der Waals surface area contributed by atoms with Gasteiger partial charge in [-0.1, -0.05) is 17.4 Å². The SMILES string of the molecule is CCn1c(O)c(N=Nc2nc3ccc(C)cc3s2)c(=O)n(CC)c1=S. The Labute approximate surface area is 152 Å². The third-order valence-electron chi connectivity index (χ3n) is 3.78. The highest BCUT2D eigenvalue weighted by atomic mass is 32.1. The van der Waals surface area contributed by atoms with Crippen LogP contribution in [0.25, 0.3) is 10.2 Å². The zero-order chi connectivity index (χ0) is 18.1. The van der Waals surface area contributed by atoms with Crippen molar-refractivity contribution in [3.8, 4) is 5.88 Å². The van der Waals surface area contributed by atoms with E-state index in [2.05, 4.69) is 15.2 Å². The maximum absolute atomic E-state index is 12.5. The van der Waals surface area contributed by atoms with Crippen molar-refractivity contribution in [2.24, 2.45) is 10.2 Å². The summed E-state index contributed by atoms with van der Waals surface area (Å²) in [6.45, 7) is 6.46. The van der Waals surface area contributed by atoms with Crippen LogP contribution >= 0.6 is 23.6 Å². The van der Waals surface area contributed by atoms with Crippen molar-refractivity contribution < 1.29 is 5.11 Å². The fourth-order valence-corrected chi connectivity index (χ4v) is 3.79. The Hall–Kier alpha value is -2.39. The highest BCUT2D eigenvalue weighted by Crippen LogP contribution is 2.31. The van der Waals surface area contributed by atoms with E-state index in [1.165, 1.54) is 20.5 Å². The van der Waals surface area contributed by atoms with Crippen LogP contribution in [-0.4, -0.2) is 19.2 Å². The molecule has 0 bridgehead atoms.